The molecule has 0 saturated carbocycles. The SMILES string of the molecule is O=C([O-])C=Cc1ccc(Br)cc1.O=C([O-])C=Cc1ccc(Br)cc1.[Mn+2]. The summed E-state index contributed by atoms with van der Waals surface area (Å²) in [5, 5.41) is 20.1. The zero-order valence-electron chi connectivity index (χ0n) is 12.7. The minimum atomic E-state index is -1.18. The third-order valence-electron chi connectivity index (χ3n) is 2.56. The van der Waals surface area contributed by atoms with Gasteiger partial charge in [-0.1, -0.05) is 68.3 Å². The molecule has 0 amide bonds. The van der Waals surface area contributed by atoms with Crippen LogP contribution in [0.15, 0.2) is 69.6 Å². The Morgan fingerprint density at radius 1 is 0.680 bits per heavy atom. The molecule has 0 aliphatic heterocycles. The molecule has 129 valence electrons. The Morgan fingerprint density at radius 2 is 0.960 bits per heavy atom. The molecule has 2 rings (SSSR count). The van der Waals surface area contributed by atoms with E-state index in [1.54, 1.807) is 0 Å². The average Bonchev–Trinajstić information content (AvgIpc) is 2.54. The second kappa shape index (κ2) is 12.7. The smallest absolute Gasteiger partial charge is 0.545 e. The Labute approximate surface area is 173 Å². The van der Waals surface area contributed by atoms with Crippen molar-refractivity contribution < 1.29 is 36.9 Å². The number of hydrogen-bond donors (Lipinski definition) is 0. The van der Waals surface area contributed by atoms with Crippen molar-refractivity contribution in [2.75, 3.05) is 0 Å². The summed E-state index contributed by atoms with van der Waals surface area (Å²) in [4.78, 5) is 20.1. The summed E-state index contributed by atoms with van der Waals surface area (Å²) in [5.74, 6) is -2.36. The zero-order chi connectivity index (χ0) is 17.9. The van der Waals surface area contributed by atoms with Gasteiger partial charge in [0, 0.05) is 8.95 Å². The predicted octanol–water partition coefficient (Wildman–Crippen LogP) is 2.42. The molecule has 4 nitrogen and oxygen atoms in total. The van der Waals surface area contributed by atoms with Gasteiger partial charge in [-0.2, -0.15) is 0 Å². The van der Waals surface area contributed by atoms with E-state index in [0.717, 1.165) is 32.2 Å². The van der Waals surface area contributed by atoms with Crippen LogP contribution in [0.2, 0.25) is 0 Å². The van der Waals surface area contributed by atoms with Crippen LogP contribution < -0.4 is 10.2 Å². The van der Waals surface area contributed by atoms with Crippen molar-refractivity contribution in [2.24, 2.45) is 0 Å². The average molecular weight is 507 g/mol. The summed E-state index contributed by atoms with van der Waals surface area (Å²) in [5.41, 5.74) is 1.67. The number of aliphatic carboxylic acids is 2. The van der Waals surface area contributed by atoms with Gasteiger partial charge in [0.25, 0.3) is 0 Å². The van der Waals surface area contributed by atoms with Gasteiger partial charge in [0.15, 0.2) is 0 Å². The van der Waals surface area contributed by atoms with E-state index in [-0.39, 0.29) is 17.1 Å². The Hall–Kier alpha value is -1.66. The summed E-state index contributed by atoms with van der Waals surface area (Å²) in [6.07, 6.45) is 4.98. The van der Waals surface area contributed by atoms with Gasteiger partial charge in [-0.25, -0.2) is 0 Å². The number of carbonyl (C=O) groups is 2. The molecule has 0 bridgehead atoms. The monoisotopic (exact) mass is 505 g/mol. The van der Waals surface area contributed by atoms with Crippen molar-refractivity contribution in [3.8, 4) is 0 Å². The molecule has 0 N–H and O–H groups in total. The maximum atomic E-state index is 10.0. The van der Waals surface area contributed by atoms with Gasteiger partial charge in [0.2, 0.25) is 0 Å². The van der Waals surface area contributed by atoms with E-state index in [9.17, 15) is 19.8 Å². The van der Waals surface area contributed by atoms with Gasteiger partial charge in [0.05, 0.1) is 11.9 Å². The molecule has 2 aromatic rings. The van der Waals surface area contributed by atoms with Crippen LogP contribution in [0.25, 0.3) is 12.2 Å². The van der Waals surface area contributed by atoms with E-state index in [1.165, 1.54) is 12.2 Å². The second-order valence-electron chi connectivity index (χ2n) is 4.41. The summed E-state index contributed by atoms with van der Waals surface area (Å²) in [7, 11) is 0. The Bertz CT molecular complexity index is 673. The molecule has 1 radical (unpaired) electrons. The maximum Gasteiger partial charge on any atom is 2.00 e. The van der Waals surface area contributed by atoms with Crippen LogP contribution >= 0.6 is 31.9 Å². The number of carboxylic acid groups (broad SMARTS) is 2. The normalized spacial score (nSPS) is 10.0. The molecular weight excluding hydrogens is 495 g/mol. The summed E-state index contributed by atoms with van der Waals surface area (Å²) < 4.78 is 1.93. The first-order valence-electron chi connectivity index (χ1n) is 6.66. The predicted molar refractivity (Wildman–Crippen MR) is 96.4 cm³/mol. The van der Waals surface area contributed by atoms with E-state index in [0.29, 0.717) is 0 Å². The molecule has 0 aliphatic rings. The van der Waals surface area contributed by atoms with E-state index < -0.39 is 11.9 Å². The van der Waals surface area contributed by atoms with Crippen molar-refractivity contribution in [1.82, 2.24) is 0 Å². The van der Waals surface area contributed by atoms with Crippen LogP contribution in [0, 0.1) is 0 Å². The second-order valence-corrected chi connectivity index (χ2v) is 6.24. The van der Waals surface area contributed by atoms with E-state index >= 15 is 0 Å². The van der Waals surface area contributed by atoms with Crippen LogP contribution in [0.4, 0.5) is 0 Å². The van der Waals surface area contributed by atoms with Crippen LogP contribution in [0.5, 0.6) is 0 Å². The molecule has 0 saturated heterocycles. The molecule has 25 heavy (non-hydrogen) atoms. The van der Waals surface area contributed by atoms with Gasteiger partial charge >= 0.3 is 17.1 Å². The van der Waals surface area contributed by atoms with Crippen molar-refractivity contribution in [3.05, 3.63) is 80.8 Å². The summed E-state index contributed by atoms with van der Waals surface area (Å²) in [6.45, 7) is 0. The molecule has 0 heterocycles. The van der Waals surface area contributed by atoms with Crippen LogP contribution in [-0.4, -0.2) is 11.9 Å². The van der Waals surface area contributed by atoms with Crippen molar-refractivity contribution in [2.45, 2.75) is 0 Å². The van der Waals surface area contributed by atoms with Crippen LogP contribution in [0.3, 0.4) is 0 Å². The molecule has 0 aliphatic carbocycles. The first kappa shape index (κ1) is 23.3. The molecule has 7 heteroatoms. The largest absolute Gasteiger partial charge is 2.00 e. The maximum absolute atomic E-state index is 10.0. The fourth-order valence-corrected chi connectivity index (χ4v) is 2.00. The molecule has 0 spiro atoms. The Morgan fingerprint density at radius 3 is 1.20 bits per heavy atom. The topological polar surface area (TPSA) is 80.3 Å². The molecule has 2 aromatic carbocycles. The minimum Gasteiger partial charge on any atom is -0.545 e. The van der Waals surface area contributed by atoms with Crippen molar-refractivity contribution >= 4 is 56.0 Å². The third kappa shape index (κ3) is 11.5. The first-order valence-corrected chi connectivity index (χ1v) is 8.24. The number of carboxylic acids is 2. The summed E-state index contributed by atoms with van der Waals surface area (Å²) in [6, 6.07) is 14.6. The van der Waals surface area contributed by atoms with E-state index in [1.807, 2.05) is 48.5 Å². The molecule has 0 atom stereocenters. The Kier molecular flexibility index (Phi) is 11.8. The standard InChI is InChI=1S/2C9H7BrO2.Mn/c2*10-8-4-1-7(2-5-8)3-6-9(11)12;/h2*1-6H,(H,11,12);/q;;+2/p-2. The third-order valence-corrected chi connectivity index (χ3v) is 3.62. The zero-order valence-corrected chi connectivity index (χ0v) is 17.0. The number of carbonyl (C=O) groups excluding carboxylic acids is 2. The quantitative estimate of drug-likeness (QED) is 0.471. The van der Waals surface area contributed by atoms with E-state index in [4.69, 9.17) is 0 Å². The number of hydrogen-bond acceptors (Lipinski definition) is 4. The van der Waals surface area contributed by atoms with Gasteiger partial charge in [0.1, 0.15) is 0 Å². The number of benzene rings is 2. The molecule has 0 fully saturated rings. The van der Waals surface area contributed by atoms with Gasteiger partial charge in [-0.05, 0) is 47.5 Å². The number of rotatable bonds is 4. The fraction of sp³-hybridized carbons (Fsp3) is 0. The molecule has 0 unspecified atom stereocenters. The molecular formula is C18H12Br2MnO4. The number of halogens is 2. The van der Waals surface area contributed by atoms with Crippen molar-refractivity contribution in [3.63, 3.8) is 0 Å². The Balaban J connectivity index is 0.000000443. The van der Waals surface area contributed by atoms with Gasteiger partial charge in [-0.15, -0.1) is 0 Å². The summed E-state index contributed by atoms with van der Waals surface area (Å²) >= 11 is 6.55. The molecule has 0 aromatic heterocycles. The van der Waals surface area contributed by atoms with Crippen molar-refractivity contribution in [1.29, 1.82) is 0 Å². The fourth-order valence-electron chi connectivity index (χ4n) is 1.48. The van der Waals surface area contributed by atoms with E-state index in [2.05, 4.69) is 31.9 Å². The van der Waals surface area contributed by atoms with Gasteiger partial charge < -0.3 is 19.8 Å². The van der Waals surface area contributed by atoms with Gasteiger partial charge in [-0.3, -0.25) is 0 Å². The van der Waals surface area contributed by atoms with Crippen LogP contribution in [-0.2, 0) is 26.7 Å². The van der Waals surface area contributed by atoms with Crippen LogP contribution in [0.1, 0.15) is 11.1 Å². The minimum absolute atomic E-state index is 0. The first-order chi connectivity index (χ1) is 11.4.